The van der Waals surface area contributed by atoms with Crippen LogP contribution >= 0.6 is 46.4 Å². The highest BCUT2D eigenvalue weighted by molar-refractivity contribution is 6.42. The van der Waals surface area contributed by atoms with Gasteiger partial charge in [-0.15, -0.1) is 23.2 Å². The van der Waals surface area contributed by atoms with E-state index in [1.165, 1.54) is 0 Å². The average molecular weight is 348 g/mol. The molecule has 2 aromatic rings. The van der Waals surface area contributed by atoms with Crippen LogP contribution in [0.15, 0.2) is 48.5 Å². The molecule has 0 N–H and O–H groups in total. The highest BCUT2D eigenvalue weighted by Gasteiger charge is 2.28. The number of benzene rings is 2. The molecular weight excluding hydrogens is 338 g/mol. The Morgan fingerprint density at radius 3 is 1.45 bits per heavy atom. The van der Waals surface area contributed by atoms with Crippen LogP contribution in [-0.4, -0.2) is 5.78 Å². The molecule has 0 heterocycles. The zero-order valence-corrected chi connectivity index (χ0v) is 13.2. The van der Waals surface area contributed by atoms with E-state index in [1.54, 1.807) is 48.5 Å². The summed E-state index contributed by atoms with van der Waals surface area (Å²) in [4.78, 5) is 12.4. The summed E-state index contributed by atoms with van der Waals surface area (Å²) in [6, 6.07) is 13.8. The first-order valence-electron chi connectivity index (χ1n) is 5.83. The van der Waals surface area contributed by atoms with Crippen LogP contribution in [0.2, 0.25) is 10.0 Å². The maximum atomic E-state index is 12.4. The number of hydrogen-bond acceptors (Lipinski definition) is 1. The second-order valence-corrected chi connectivity index (χ2v) is 5.86. The van der Waals surface area contributed by atoms with Gasteiger partial charge in [-0.05, 0) is 23.3 Å². The molecule has 1 nitrogen and oxygen atoms in total. The van der Waals surface area contributed by atoms with Crippen molar-refractivity contribution < 1.29 is 4.79 Å². The van der Waals surface area contributed by atoms with Gasteiger partial charge in [0.2, 0.25) is 0 Å². The maximum absolute atomic E-state index is 12.4. The summed E-state index contributed by atoms with van der Waals surface area (Å²) in [7, 11) is 0. The van der Waals surface area contributed by atoms with Gasteiger partial charge in [-0.1, -0.05) is 59.6 Å². The lowest BCUT2D eigenvalue weighted by Gasteiger charge is -2.15. The Balaban J connectivity index is 2.28. The van der Waals surface area contributed by atoms with E-state index in [-0.39, 0.29) is 5.78 Å². The molecule has 2 atom stereocenters. The highest BCUT2D eigenvalue weighted by atomic mass is 35.5. The molecule has 0 saturated carbocycles. The SMILES string of the molecule is O=C(C(Cl)c1ccccc1Cl)C(Cl)c1ccccc1Cl. The number of halogens is 4. The fourth-order valence-corrected chi connectivity index (χ4v) is 3.09. The zero-order valence-electron chi connectivity index (χ0n) is 10.2. The van der Waals surface area contributed by atoms with E-state index in [4.69, 9.17) is 46.4 Å². The van der Waals surface area contributed by atoms with Crippen molar-refractivity contribution in [2.45, 2.75) is 10.8 Å². The van der Waals surface area contributed by atoms with Crippen molar-refractivity contribution in [2.24, 2.45) is 0 Å². The van der Waals surface area contributed by atoms with Crippen LogP contribution in [0.4, 0.5) is 0 Å². The van der Waals surface area contributed by atoms with Gasteiger partial charge in [0.05, 0.1) is 0 Å². The van der Waals surface area contributed by atoms with Gasteiger partial charge >= 0.3 is 0 Å². The fraction of sp³-hybridized carbons (Fsp3) is 0.133. The van der Waals surface area contributed by atoms with Crippen LogP contribution in [0.5, 0.6) is 0 Å². The van der Waals surface area contributed by atoms with Crippen molar-refractivity contribution in [2.75, 3.05) is 0 Å². The maximum Gasteiger partial charge on any atom is 0.177 e. The highest BCUT2D eigenvalue weighted by Crippen LogP contribution is 2.37. The Labute approximate surface area is 137 Å². The topological polar surface area (TPSA) is 17.1 Å². The van der Waals surface area contributed by atoms with E-state index in [2.05, 4.69) is 0 Å². The van der Waals surface area contributed by atoms with Crippen LogP contribution in [0.3, 0.4) is 0 Å². The van der Waals surface area contributed by atoms with Crippen molar-refractivity contribution in [3.8, 4) is 0 Å². The first kappa shape index (κ1) is 15.7. The number of hydrogen-bond donors (Lipinski definition) is 0. The first-order valence-corrected chi connectivity index (χ1v) is 7.46. The van der Waals surface area contributed by atoms with Gasteiger partial charge in [-0.2, -0.15) is 0 Å². The minimum Gasteiger partial charge on any atom is -0.296 e. The lowest BCUT2D eigenvalue weighted by Crippen LogP contribution is -2.14. The van der Waals surface area contributed by atoms with Gasteiger partial charge in [0.1, 0.15) is 10.8 Å². The Morgan fingerprint density at radius 1 is 0.750 bits per heavy atom. The summed E-state index contributed by atoms with van der Waals surface area (Å²) in [6.07, 6.45) is 0. The second-order valence-electron chi connectivity index (χ2n) is 4.17. The predicted octanol–water partition coefficient (Wildman–Crippen LogP) is 5.82. The smallest absolute Gasteiger partial charge is 0.177 e. The summed E-state index contributed by atoms with van der Waals surface area (Å²) >= 11 is 24.5. The van der Waals surface area contributed by atoms with E-state index < -0.39 is 10.8 Å². The number of carbonyl (C=O) groups is 1. The molecule has 0 aliphatic carbocycles. The molecule has 104 valence electrons. The minimum atomic E-state index is -0.914. The summed E-state index contributed by atoms with van der Waals surface area (Å²) in [5.74, 6) is -0.352. The third-order valence-electron chi connectivity index (χ3n) is 2.86. The number of carbonyl (C=O) groups excluding carboxylic acids is 1. The second kappa shape index (κ2) is 6.82. The molecule has 2 rings (SSSR count). The van der Waals surface area contributed by atoms with Crippen LogP contribution in [0, 0.1) is 0 Å². The summed E-state index contributed by atoms with van der Waals surface area (Å²) in [5, 5.41) is -0.960. The third kappa shape index (κ3) is 3.29. The van der Waals surface area contributed by atoms with E-state index in [0.29, 0.717) is 21.2 Å². The van der Waals surface area contributed by atoms with Crippen LogP contribution in [-0.2, 0) is 4.79 Å². The molecule has 0 aliphatic heterocycles. The monoisotopic (exact) mass is 346 g/mol. The summed E-state index contributed by atoms with van der Waals surface area (Å²) < 4.78 is 0. The molecule has 0 aliphatic rings. The van der Waals surface area contributed by atoms with Gasteiger partial charge in [-0.25, -0.2) is 0 Å². The number of Topliss-reactive ketones (excluding diaryl/α,β-unsaturated/α-hetero) is 1. The Morgan fingerprint density at radius 2 is 1.10 bits per heavy atom. The lowest BCUT2D eigenvalue weighted by atomic mass is 10.0. The number of alkyl halides is 2. The van der Waals surface area contributed by atoms with E-state index in [9.17, 15) is 4.79 Å². The van der Waals surface area contributed by atoms with Gasteiger partial charge in [0, 0.05) is 10.0 Å². The Hall–Kier alpha value is -0.730. The van der Waals surface area contributed by atoms with Crippen LogP contribution in [0.1, 0.15) is 21.9 Å². The molecule has 0 aromatic heterocycles. The molecule has 0 spiro atoms. The molecule has 0 bridgehead atoms. The third-order valence-corrected chi connectivity index (χ3v) is 4.44. The number of ketones is 1. The lowest BCUT2D eigenvalue weighted by molar-refractivity contribution is -0.118. The molecule has 2 unspecified atom stereocenters. The van der Waals surface area contributed by atoms with Crippen LogP contribution < -0.4 is 0 Å². The van der Waals surface area contributed by atoms with Gasteiger partial charge in [0.25, 0.3) is 0 Å². The molecule has 0 fully saturated rings. The van der Waals surface area contributed by atoms with E-state index in [1.807, 2.05) is 0 Å². The van der Waals surface area contributed by atoms with Gasteiger partial charge in [0.15, 0.2) is 5.78 Å². The Bertz CT molecular complexity index is 573. The molecule has 0 saturated heterocycles. The standard InChI is InChI=1S/C15H10Cl4O/c16-11-7-3-1-5-9(11)13(18)15(20)14(19)10-6-2-4-8-12(10)17/h1-8,13-14H. The van der Waals surface area contributed by atoms with Crippen molar-refractivity contribution >= 4 is 52.2 Å². The predicted molar refractivity (Wildman–Crippen MR) is 85.1 cm³/mol. The normalized spacial score (nSPS) is 13.8. The number of rotatable bonds is 4. The summed E-state index contributed by atoms with van der Waals surface area (Å²) in [5.41, 5.74) is 1.08. The van der Waals surface area contributed by atoms with Gasteiger partial charge in [-0.3, -0.25) is 4.79 Å². The Kier molecular flexibility index (Phi) is 5.34. The van der Waals surface area contributed by atoms with E-state index >= 15 is 0 Å². The first-order chi connectivity index (χ1) is 9.52. The molecule has 0 amide bonds. The van der Waals surface area contributed by atoms with Crippen molar-refractivity contribution in [3.63, 3.8) is 0 Å². The molecule has 20 heavy (non-hydrogen) atoms. The molecular formula is C15H10Cl4O. The molecule has 0 radical (unpaired) electrons. The molecule has 2 aromatic carbocycles. The minimum absolute atomic E-state index is 0.352. The van der Waals surface area contributed by atoms with Gasteiger partial charge < -0.3 is 0 Å². The van der Waals surface area contributed by atoms with Crippen molar-refractivity contribution in [1.82, 2.24) is 0 Å². The van der Waals surface area contributed by atoms with E-state index in [0.717, 1.165) is 0 Å². The summed E-state index contributed by atoms with van der Waals surface area (Å²) in [6.45, 7) is 0. The fourth-order valence-electron chi connectivity index (χ4n) is 1.80. The molecule has 5 heteroatoms. The average Bonchev–Trinajstić information content (AvgIpc) is 2.46. The van der Waals surface area contributed by atoms with Crippen LogP contribution in [0.25, 0.3) is 0 Å². The quantitative estimate of drug-likeness (QED) is 0.636. The zero-order chi connectivity index (χ0) is 14.7. The van der Waals surface area contributed by atoms with Crippen molar-refractivity contribution in [3.05, 3.63) is 69.7 Å². The van der Waals surface area contributed by atoms with Crippen molar-refractivity contribution in [1.29, 1.82) is 0 Å². The largest absolute Gasteiger partial charge is 0.296 e.